The van der Waals surface area contributed by atoms with E-state index in [4.69, 9.17) is 4.74 Å². The zero-order chi connectivity index (χ0) is 16.9. The molecule has 1 N–H and O–H groups in total. The van der Waals surface area contributed by atoms with Gasteiger partial charge in [-0.2, -0.15) is 0 Å². The number of thiazole rings is 1. The lowest BCUT2D eigenvalue weighted by atomic mass is 10.1. The Kier molecular flexibility index (Phi) is 5.50. The standard InChI is InChI=1S/C17H20N2O3S/c1-4-22-16(21)17(2,3)19-14(20)10-13-11-23-15(18-13)12-8-6-5-7-9-12/h5-9,11H,4,10H2,1-3H3,(H,19,20). The molecule has 2 rings (SSSR count). The SMILES string of the molecule is CCOC(=O)C(C)(C)NC(=O)Cc1csc(-c2ccccc2)n1. The van der Waals surface area contributed by atoms with E-state index >= 15 is 0 Å². The predicted molar refractivity (Wildman–Crippen MR) is 90.1 cm³/mol. The van der Waals surface area contributed by atoms with Crippen molar-refractivity contribution in [3.63, 3.8) is 0 Å². The van der Waals surface area contributed by atoms with Crippen LogP contribution in [0, 0.1) is 0 Å². The molecule has 0 radical (unpaired) electrons. The number of nitrogens with zero attached hydrogens (tertiary/aromatic N) is 1. The Morgan fingerprint density at radius 1 is 1.26 bits per heavy atom. The van der Waals surface area contributed by atoms with E-state index in [1.54, 1.807) is 20.8 Å². The summed E-state index contributed by atoms with van der Waals surface area (Å²) >= 11 is 1.49. The normalized spacial score (nSPS) is 11.1. The molecule has 5 nitrogen and oxygen atoms in total. The lowest BCUT2D eigenvalue weighted by molar-refractivity contribution is -0.151. The molecule has 122 valence electrons. The summed E-state index contributed by atoms with van der Waals surface area (Å²) in [5.41, 5.74) is 0.660. The van der Waals surface area contributed by atoms with Gasteiger partial charge in [0.1, 0.15) is 10.5 Å². The van der Waals surface area contributed by atoms with Gasteiger partial charge in [0, 0.05) is 10.9 Å². The zero-order valence-corrected chi connectivity index (χ0v) is 14.3. The predicted octanol–water partition coefficient (Wildman–Crippen LogP) is 2.81. The first kappa shape index (κ1) is 17.1. The van der Waals surface area contributed by atoms with Gasteiger partial charge in [-0.05, 0) is 20.8 Å². The van der Waals surface area contributed by atoms with Crippen LogP contribution < -0.4 is 5.32 Å². The van der Waals surface area contributed by atoms with E-state index in [2.05, 4.69) is 10.3 Å². The van der Waals surface area contributed by atoms with E-state index in [1.807, 2.05) is 35.7 Å². The topological polar surface area (TPSA) is 68.3 Å². The molecular weight excluding hydrogens is 312 g/mol. The number of carbonyl (C=O) groups excluding carboxylic acids is 2. The highest BCUT2D eigenvalue weighted by Crippen LogP contribution is 2.23. The van der Waals surface area contributed by atoms with E-state index in [1.165, 1.54) is 11.3 Å². The number of amides is 1. The molecule has 1 aromatic heterocycles. The third kappa shape index (κ3) is 4.63. The fraction of sp³-hybridized carbons (Fsp3) is 0.353. The van der Waals surface area contributed by atoms with E-state index in [0.29, 0.717) is 5.69 Å². The number of nitrogens with one attached hydrogen (secondary N) is 1. The average molecular weight is 332 g/mol. The molecule has 0 spiro atoms. The van der Waals surface area contributed by atoms with Crippen LogP contribution in [0.5, 0.6) is 0 Å². The molecule has 0 saturated heterocycles. The maximum Gasteiger partial charge on any atom is 0.331 e. The Hall–Kier alpha value is -2.21. The smallest absolute Gasteiger partial charge is 0.331 e. The molecule has 6 heteroatoms. The summed E-state index contributed by atoms with van der Waals surface area (Å²) in [4.78, 5) is 28.4. The third-order valence-corrected chi connectivity index (χ3v) is 4.09. The van der Waals surface area contributed by atoms with Crippen LogP contribution in [0.4, 0.5) is 0 Å². The van der Waals surface area contributed by atoms with Gasteiger partial charge < -0.3 is 10.1 Å². The summed E-state index contributed by atoms with van der Waals surface area (Å²) < 4.78 is 4.95. The highest BCUT2D eigenvalue weighted by Gasteiger charge is 2.31. The fourth-order valence-electron chi connectivity index (χ4n) is 2.02. The van der Waals surface area contributed by atoms with Crippen LogP contribution in [0.2, 0.25) is 0 Å². The van der Waals surface area contributed by atoms with Gasteiger partial charge in [-0.1, -0.05) is 30.3 Å². The molecule has 1 heterocycles. The minimum Gasteiger partial charge on any atom is -0.464 e. The second-order valence-electron chi connectivity index (χ2n) is 5.58. The summed E-state index contributed by atoms with van der Waals surface area (Å²) in [5.74, 6) is -0.704. The van der Waals surface area contributed by atoms with Crippen molar-refractivity contribution in [3.8, 4) is 10.6 Å². The molecule has 1 amide bonds. The monoisotopic (exact) mass is 332 g/mol. The molecule has 0 atom stereocenters. The van der Waals surface area contributed by atoms with Crippen LogP contribution >= 0.6 is 11.3 Å². The Bertz CT molecular complexity index is 680. The highest BCUT2D eigenvalue weighted by atomic mass is 32.1. The Labute approximate surface area is 139 Å². The summed E-state index contributed by atoms with van der Waals surface area (Å²) in [5, 5.41) is 5.42. The van der Waals surface area contributed by atoms with E-state index in [-0.39, 0.29) is 18.9 Å². The van der Waals surface area contributed by atoms with Crippen molar-refractivity contribution in [3.05, 3.63) is 41.4 Å². The molecule has 0 aliphatic rings. The van der Waals surface area contributed by atoms with Gasteiger partial charge in [0.15, 0.2) is 0 Å². The van der Waals surface area contributed by atoms with E-state index in [0.717, 1.165) is 10.6 Å². The summed E-state index contributed by atoms with van der Waals surface area (Å²) in [6, 6.07) is 9.80. The Morgan fingerprint density at radius 3 is 2.61 bits per heavy atom. The number of hydrogen-bond donors (Lipinski definition) is 1. The molecule has 0 saturated carbocycles. The highest BCUT2D eigenvalue weighted by molar-refractivity contribution is 7.13. The molecule has 2 aromatic rings. The maximum atomic E-state index is 12.1. The van der Waals surface area contributed by atoms with Crippen molar-refractivity contribution in [2.45, 2.75) is 32.7 Å². The van der Waals surface area contributed by atoms with Crippen LogP contribution in [-0.4, -0.2) is 29.0 Å². The van der Waals surface area contributed by atoms with Crippen LogP contribution in [-0.2, 0) is 20.7 Å². The minimum absolute atomic E-state index is 0.131. The molecule has 1 aromatic carbocycles. The van der Waals surface area contributed by atoms with Crippen LogP contribution in [0.1, 0.15) is 26.5 Å². The first-order chi connectivity index (χ1) is 10.9. The quantitative estimate of drug-likeness (QED) is 0.826. The number of rotatable bonds is 6. The van der Waals surface area contributed by atoms with Gasteiger partial charge >= 0.3 is 5.97 Å². The van der Waals surface area contributed by atoms with Gasteiger partial charge in [0.2, 0.25) is 5.91 Å². The Morgan fingerprint density at radius 2 is 1.96 bits per heavy atom. The molecule has 0 unspecified atom stereocenters. The van der Waals surface area contributed by atoms with Crippen molar-refractivity contribution < 1.29 is 14.3 Å². The summed E-state index contributed by atoms with van der Waals surface area (Å²) in [6.45, 7) is 5.26. The number of aromatic nitrogens is 1. The van der Waals surface area contributed by atoms with Crippen molar-refractivity contribution in [1.29, 1.82) is 0 Å². The van der Waals surface area contributed by atoms with Crippen molar-refractivity contribution in [2.24, 2.45) is 0 Å². The summed E-state index contributed by atoms with van der Waals surface area (Å²) in [7, 11) is 0. The fourth-order valence-corrected chi connectivity index (χ4v) is 2.85. The first-order valence-electron chi connectivity index (χ1n) is 7.40. The average Bonchev–Trinajstić information content (AvgIpc) is 2.96. The first-order valence-corrected chi connectivity index (χ1v) is 8.28. The largest absolute Gasteiger partial charge is 0.464 e. The molecule has 23 heavy (non-hydrogen) atoms. The van der Waals surface area contributed by atoms with Crippen LogP contribution in [0.3, 0.4) is 0 Å². The van der Waals surface area contributed by atoms with Crippen LogP contribution in [0.25, 0.3) is 10.6 Å². The number of esters is 1. The Balaban J connectivity index is 1.99. The van der Waals surface area contributed by atoms with Gasteiger partial charge in [-0.3, -0.25) is 4.79 Å². The number of carbonyl (C=O) groups is 2. The molecular formula is C17H20N2O3S. The van der Waals surface area contributed by atoms with Gasteiger partial charge in [-0.25, -0.2) is 9.78 Å². The van der Waals surface area contributed by atoms with Crippen LogP contribution in [0.15, 0.2) is 35.7 Å². The lowest BCUT2D eigenvalue weighted by Gasteiger charge is -2.23. The molecule has 0 bridgehead atoms. The molecule has 0 aliphatic carbocycles. The van der Waals surface area contributed by atoms with Gasteiger partial charge in [-0.15, -0.1) is 11.3 Å². The van der Waals surface area contributed by atoms with Gasteiger partial charge in [0.05, 0.1) is 18.7 Å². The molecule has 0 fully saturated rings. The third-order valence-electron chi connectivity index (χ3n) is 3.15. The summed E-state index contributed by atoms with van der Waals surface area (Å²) in [6.07, 6.45) is 0.131. The second-order valence-corrected chi connectivity index (χ2v) is 6.44. The van der Waals surface area contributed by atoms with Gasteiger partial charge in [0.25, 0.3) is 0 Å². The lowest BCUT2D eigenvalue weighted by Crippen LogP contribution is -2.51. The van der Waals surface area contributed by atoms with E-state index in [9.17, 15) is 9.59 Å². The minimum atomic E-state index is -1.05. The van der Waals surface area contributed by atoms with Crippen molar-refractivity contribution >= 4 is 23.2 Å². The second kappa shape index (κ2) is 7.37. The maximum absolute atomic E-state index is 12.1. The van der Waals surface area contributed by atoms with Crippen molar-refractivity contribution in [2.75, 3.05) is 6.61 Å². The van der Waals surface area contributed by atoms with E-state index < -0.39 is 11.5 Å². The number of hydrogen-bond acceptors (Lipinski definition) is 5. The zero-order valence-electron chi connectivity index (χ0n) is 13.5. The number of benzene rings is 1. The van der Waals surface area contributed by atoms with Crippen molar-refractivity contribution in [1.82, 2.24) is 10.3 Å². The molecule has 0 aliphatic heterocycles. The number of ether oxygens (including phenoxy) is 1.